The zero-order valence-electron chi connectivity index (χ0n) is 9.97. The van der Waals surface area contributed by atoms with Crippen LogP contribution in [0.15, 0.2) is 28.0 Å². The number of aliphatic hydroxyl groups is 1. The molecule has 0 atom stereocenters. The van der Waals surface area contributed by atoms with Gasteiger partial charge in [-0.2, -0.15) is 0 Å². The van der Waals surface area contributed by atoms with Crippen molar-refractivity contribution in [3.63, 3.8) is 0 Å². The van der Waals surface area contributed by atoms with E-state index in [9.17, 15) is 4.39 Å². The van der Waals surface area contributed by atoms with E-state index in [0.29, 0.717) is 17.7 Å². The predicted molar refractivity (Wildman–Crippen MR) is 74.5 cm³/mol. The van der Waals surface area contributed by atoms with Crippen LogP contribution in [0, 0.1) is 17.7 Å². The fourth-order valence-corrected chi connectivity index (χ4v) is 2.86. The van der Waals surface area contributed by atoms with E-state index in [0.717, 1.165) is 9.90 Å². The van der Waals surface area contributed by atoms with Gasteiger partial charge in [0.15, 0.2) is 4.34 Å². The second kappa shape index (κ2) is 7.24. The third kappa shape index (κ3) is 4.31. The van der Waals surface area contributed by atoms with E-state index in [1.165, 1.54) is 23.5 Å². The summed E-state index contributed by atoms with van der Waals surface area (Å²) in [5.41, 5.74) is 3.28. The summed E-state index contributed by atoms with van der Waals surface area (Å²) < 4.78 is 14.1. The first kappa shape index (κ1) is 14.0. The SMILES string of the molecule is OCCC#Cc1cc(F)ccc1CSc1nncs1. The van der Waals surface area contributed by atoms with Crippen molar-refractivity contribution >= 4 is 23.1 Å². The lowest BCUT2D eigenvalue weighted by atomic mass is 10.1. The Morgan fingerprint density at radius 1 is 1.42 bits per heavy atom. The maximum Gasteiger partial charge on any atom is 0.174 e. The Morgan fingerprint density at radius 3 is 3.05 bits per heavy atom. The summed E-state index contributed by atoms with van der Waals surface area (Å²) in [5.74, 6) is 6.06. The number of nitrogens with zero attached hydrogens (tertiary/aromatic N) is 2. The Labute approximate surface area is 118 Å². The average molecular weight is 294 g/mol. The Hall–Kier alpha value is -1.42. The summed E-state index contributed by atoms with van der Waals surface area (Å²) in [6, 6.07) is 4.57. The Kier molecular flexibility index (Phi) is 5.33. The van der Waals surface area contributed by atoms with Crippen molar-refractivity contribution in [2.24, 2.45) is 0 Å². The minimum absolute atomic E-state index is 0.0111. The fourth-order valence-electron chi connectivity index (χ4n) is 1.37. The normalized spacial score (nSPS) is 10.0. The standard InChI is InChI=1S/C13H11FN2OS2/c14-12-5-4-11(8-18-13-16-15-9-19-13)10(7-12)3-1-2-6-17/h4-5,7,9,17H,2,6,8H2. The molecule has 98 valence electrons. The van der Waals surface area contributed by atoms with Crippen LogP contribution in [0.5, 0.6) is 0 Å². The van der Waals surface area contributed by atoms with Gasteiger partial charge in [0.25, 0.3) is 0 Å². The second-order valence-electron chi connectivity index (χ2n) is 3.57. The maximum atomic E-state index is 13.2. The number of hydrogen-bond donors (Lipinski definition) is 1. The highest BCUT2D eigenvalue weighted by Gasteiger charge is 2.05. The van der Waals surface area contributed by atoms with Gasteiger partial charge >= 0.3 is 0 Å². The molecule has 2 rings (SSSR count). The number of rotatable bonds is 4. The van der Waals surface area contributed by atoms with Crippen molar-refractivity contribution < 1.29 is 9.50 Å². The molecule has 1 heterocycles. The van der Waals surface area contributed by atoms with Crippen LogP contribution >= 0.6 is 23.1 Å². The maximum absolute atomic E-state index is 13.2. The predicted octanol–water partition coefficient (Wildman–Crippen LogP) is 2.70. The molecule has 6 heteroatoms. The van der Waals surface area contributed by atoms with Gasteiger partial charge < -0.3 is 5.11 Å². The van der Waals surface area contributed by atoms with E-state index in [2.05, 4.69) is 22.0 Å². The lowest BCUT2D eigenvalue weighted by Gasteiger charge is -2.03. The number of aromatic nitrogens is 2. The van der Waals surface area contributed by atoms with Gasteiger partial charge in [-0.3, -0.25) is 0 Å². The highest BCUT2D eigenvalue weighted by molar-refractivity contribution is 8.00. The summed E-state index contributed by atoms with van der Waals surface area (Å²) in [4.78, 5) is 0. The molecule has 1 N–H and O–H groups in total. The zero-order chi connectivity index (χ0) is 13.5. The highest BCUT2D eigenvalue weighted by Crippen LogP contribution is 2.25. The van der Waals surface area contributed by atoms with Gasteiger partial charge in [-0.25, -0.2) is 4.39 Å². The fraction of sp³-hybridized carbons (Fsp3) is 0.231. The number of hydrogen-bond acceptors (Lipinski definition) is 5. The first-order chi connectivity index (χ1) is 9.29. The van der Waals surface area contributed by atoms with Gasteiger partial charge in [-0.05, 0) is 17.7 Å². The van der Waals surface area contributed by atoms with Crippen molar-refractivity contribution in [2.75, 3.05) is 6.61 Å². The smallest absolute Gasteiger partial charge is 0.174 e. The number of aliphatic hydroxyl groups excluding tert-OH is 1. The van der Waals surface area contributed by atoms with Crippen molar-refractivity contribution in [3.8, 4) is 11.8 Å². The first-order valence-corrected chi connectivity index (χ1v) is 7.43. The van der Waals surface area contributed by atoms with Crippen LogP contribution in [-0.2, 0) is 5.75 Å². The van der Waals surface area contributed by atoms with E-state index < -0.39 is 0 Å². The molecule has 1 aromatic carbocycles. The first-order valence-electron chi connectivity index (χ1n) is 5.56. The molecule has 0 aliphatic rings. The van der Waals surface area contributed by atoms with Crippen molar-refractivity contribution in [2.45, 2.75) is 16.5 Å². The van der Waals surface area contributed by atoms with Crippen LogP contribution in [-0.4, -0.2) is 21.9 Å². The van der Waals surface area contributed by atoms with Crippen molar-refractivity contribution in [3.05, 3.63) is 40.7 Å². The van der Waals surface area contributed by atoms with Gasteiger partial charge in [-0.15, -0.1) is 10.2 Å². The molecule has 0 aliphatic heterocycles. The van der Waals surface area contributed by atoms with Gasteiger partial charge in [0.05, 0.1) is 6.61 Å². The lowest BCUT2D eigenvalue weighted by molar-refractivity contribution is 0.305. The molecule has 0 fully saturated rings. The number of thioether (sulfide) groups is 1. The molecule has 0 aliphatic carbocycles. The summed E-state index contributed by atoms with van der Waals surface area (Å²) in [5, 5.41) is 16.4. The van der Waals surface area contributed by atoms with Crippen molar-refractivity contribution in [1.29, 1.82) is 0 Å². The Bertz CT molecular complexity index is 590. The number of benzene rings is 1. The molecule has 0 unspecified atom stereocenters. The molecule has 0 saturated heterocycles. The molecule has 19 heavy (non-hydrogen) atoms. The molecule has 0 bridgehead atoms. The van der Waals surface area contributed by atoms with Gasteiger partial charge in [-0.1, -0.05) is 41.0 Å². The molecular weight excluding hydrogens is 283 g/mol. The molecule has 0 spiro atoms. The third-order valence-corrected chi connectivity index (χ3v) is 4.13. The van der Waals surface area contributed by atoms with Gasteiger partial charge in [0, 0.05) is 17.7 Å². The van der Waals surface area contributed by atoms with Crippen molar-refractivity contribution in [1.82, 2.24) is 10.2 Å². The third-order valence-electron chi connectivity index (χ3n) is 2.22. The largest absolute Gasteiger partial charge is 0.395 e. The Balaban J connectivity index is 2.12. The van der Waals surface area contributed by atoms with Crippen LogP contribution in [0.1, 0.15) is 17.5 Å². The van der Waals surface area contributed by atoms with Gasteiger partial charge in [0.1, 0.15) is 11.3 Å². The van der Waals surface area contributed by atoms with Gasteiger partial charge in [0.2, 0.25) is 0 Å². The van der Waals surface area contributed by atoms with Crippen LogP contribution in [0.25, 0.3) is 0 Å². The molecular formula is C13H11FN2OS2. The van der Waals surface area contributed by atoms with E-state index >= 15 is 0 Å². The summed E-state index contributed by atoms with van der Waals surface area (Å²) in [6.07, 6.45) is 0.388. The molecule has 0 saturated carbocycles. The number of halogens is 1. The van der Waals surface area contributed by atoms with E-state index in [1.807, 2.05) is 0 Å². The summed E-state index contributed by atoms with van der Waals surface area (Å²) >= 11 is 3.01. The molecule has 3 nitrogen and oxygen atoms in total. The zero-order valence-corrected chi connectivity index (χ0v) is 11.6. The van der Waals surface area contributed by atoms with E-state index in [-0.39, 0.29) is 12.4 Å². The summed E-state index contributed by atoms with van der Waals surface area (Å²) in [6.45, 7) is 0.0111. The van der Waals surface area contributed by atoms with Crippen LogP contribution in [0.2, 0.25) is 0 Å². The lowest BCUT2D eigenvalue weighted by Crippen LogP contribution is -1.90. The quantitative estimate of drug-likeness (QED) is 0.695. The minimum Gasteiger partial charge on any atom is -0.395 e. The van der Waals surface area contributed by atoms with Crippen LogP contribution in [0.4, 0.5) is 4.39 Å². The highest BCUT2D eigenvalue weighted by atomic mass is 32.2. The summed E-state index contributed by atoms with van der Waals surface area (Å²) in [7, 11) is 0. The second-order valence-corrected chi connectivity index (χ2v) is 5.63. The molecule has 0 radical (unpaired) electrons. The molecule has 1 aromatic heterocycles. The topological polar surface area (TPSA) is 46.0 Å². The minimum atomic E-state index is -0.307. The monoisotopic (exact) mass is 294 g/mol. The van der Waals surface area contributed by atoms with E-state index in [1.54, 1.807) is 23.3 Å². The average Bonchev–Trinajstić information content (AvgIpc) is 2.91. The molecule has 0 amide bonds. The Morgan fingerprint density at radius 2 is 2.32 bits per heavy atom. The van der Waals surface area contributed by atoms with Crippen LogP contribution < -0.4 is 0 Å². The van der Waals surface area contributed by atoms with E-state index in [4.69, 9.17) is 5.11 Å². The molecule has 2 aromatic rings. The van der Waals surface area contributed by atoms with Crippen LogP contribution in [0.3, 0.4) is 0 Å².